The van der Waals surface area contributed by atoms with Gasteiger partial charge in [0.15, 0.2) is 5.65 Å². The summed E-state index contributed by atoms with van der Waals surface area (Å²) in [7, 11) is 0. The van der Waals surface area contributed by atoms with Gasteiger partial charge in [-0.1, -0.05) is 0 Å². The number of anilines is 2. The Bertz CT molecular complexity index is 1040. The first-order valence-electron chi connectivity index (χ1n) is 8.88. The molecule has 0 bridgehead atoms. The van der Waals surface area contributed by atoms with Crippen LogP contribution in [-0.4, -0.2) is 47.1 Å². The summed E-state index contributed by atoms with van der Waals surface area (Å²) in [5, 5.41) is 3.59. The molecule has 6 nitrogen and oxygen atoms in total. The fourth-order valence-electron chi connectivity index (χ4n) is 3.18. The second kappa shape index (κ2) is 8.67. The van der Waals surface area contributed by atoms with Gasteiger partial charge in [-0.2, -0.15) is 0 Å². The lowest BCUT2D eigenvalue weighted by Crippen LogP contribution is -2.41. The highest BCUT2D eigenvalue weighted by molar-refractivity contribution is 6.07. The summed E-state index contributed by atoms with van der Waals surface area (Å²) in [5.74, 6) is -1.65. The molecule has 152 valence electrons. The number of carbonyl (C=O) groups is 1. The number of benzene rings is 1. The van der Waals surface area contributed by atoms with Crippen molar-refractivity contribution in [1.29, 1.82) is 0 Å². The number of rotatable bonds is 3. The summed E-state index contributed by atoms with van der Waals surface area (Å²) in [5.41, 5.74) is 2.14. The number of morpholine rings is 1. The first-order chi connectivity index (χ1) is 13.5. The number of nitrogens with zero attached hydrogens (tertiary/aromatic N) is 3. The Kier molecular flexibility index (Phi) is 6.24. The van der Waals surface area contributed by atoms with E-state index in [4.69, 9.17) is 4.74 Å². The molecule has 1 amide bonds. The zero-order chi connectivity index (χ0) is 19.7. The van der Waals surface area contributed by atoms with E-state index in [2.05, 4.69) is 15.3 Å². The van der Waals surface area contributed by atoms with Crippen LogP contribution in [0.2, 0.25) is 0 Å². The van der Waals surface area contributed by atoms with Gasteiger partial charge in [-0.15, -0.1) is 12.4 Å². The summed E-state index contributed by atoms with van der Waals surface area (Å²) in [6.45, 7) is 3.70. The average molecular weight is 421 g/mol. The van der Waals surface area contributed by atoms with Crippen molar-refractivity contribution < 1.29 is 18.3 Å². The largest absolute Gasteiger partial charge is 0.378 e. The molecule has 0 radical (unpaired) electrons. The van der Waals surface area contributed by atoms with E-state index in [1.54, 1.807) is 17.0 Å². The van der Waals surface area contributed by atoms with E-state index in [0.29, 0.717) is 48.6 Å². The number of pyridine rings is 2. The number of aromatic nitrogens is 2. The van der Waals surface area contributed by atoms with E-state index in [1.807, 2.05) is 6.92 Å². The Hall–Kier alpha value is -2.84. The number of nitrogens with one attached hydrogen (secondary N) is 1. The number of fused-ring (bicyclic) bond motifs is 1. The Balaban J connectivity index is 0.00000240. The molecule has 1 aromatic carbocycles. The van der Waals surface area contributed by atoms with E-state index >= 15 is 0 Å². The van der Waals surface area contributed by atoms with Crippen molar-refractivity contribution in [2.45, 2.75) is 6.92 Å². The van der Waals surface area contributed by atoms with E-state index in [1.165, 1.54) is 18.3 Å². The molecule has 4 rings (SSSR count). The molecule has 1 saturated heterocycles. The number of aryl methyl sites for hydroxylation is 1. The van der Waals surface area contributed by atoms with Crippen LogP contribution in [0, 0.1) is 18.6 Å². The molecule has 1 N–H and O–H groups in total. The molecular weight excluding hydrogens is 402 g/mol. The smallest absolute Gasteiger partial charge is 0.257 e. The number of hydrogen-bond acceptors (Lipinski definition) is 5. The Morgan fingerprint density at radius 1 is 1.14 bits per heavy atom. The highest BCUT2D eigenvalue weighted by Gasteiger charge is 2.23. The predicted octanol–water partition coefficient (Wildman–Crippen LogP) is 3.85. The van der Waals surface area contributed by atoms with Crippen molar-refractivity contribution in [3.63, 3.8) is 0 Å². The van der Waals surface area contributed by atoms with Crippen LogP contribution in [0.4, 0.5) is 20.2 Å². The minimum absolute atomic E-state index is 0. The lowest BCUT2D eigenvalue weighted by molar-refractivity contribution is 0.0303. The molecule has 1 aliphatic heterocycles. The monoisotopic (exact) mass is 420 g/mol. The molecule has 0 atom stereocenters. The van der Waals surface area contributed by atoms with Crippen LogP contribution in [-0.2, 0) is 4.74 Å². The molecule has 29 heavy (non-hydrogen) atoms. The third kappa shape index (κ3) is 4.44. The molecule has 9 heteroatoms. The van der Waals surface area contributed by atoms with Crippen molar-refractivity contribution in [2.24, 2.45) is 0 Å². The van der Waals surface area contributed by atoms with Crippen LogP contribution in [0.1, 0.15) is 16.1 Å². The summed E-state index contributed by atoms with van der Waals surface area (Å²) in [4.78, 5) is 23.4. The third-order valence-corrected chi connectivity index (χ3v) is 4.53. The van der Waals surface area contributed by atoms with Gasteiger partial charge in [0, 0.05) is 42.1 Å². The van der Waals surface area contributed by atoms with Gasteiger partial charge in [-0.3, -0.25) is 4.79 Å². The van der Waals surface area contributed by atoms with Crippen molar-refractivity contribution in [2.75, 3.05) is 31.6 Å². The van der Waals surface area contributed by atoms with Gasteiger partial charge in [0.1, 0.15) is 11.6 Å². The van der Waals surface area contributed by atoms with Crippen LogP contribution in [0.25, 0.3) is 11.0 Å². The minimum atomic E-state index is -0.712. The maximum atomic E-state index is 13.7. The standard InChI is InChI=1S/C20H18F2N4O2.ClH/c1-12-2-3-16-18(25-15-9-13(21)8-14(22)10-15)17(11-23-19(16)24-12)20(27)26-4-6-28-7-5-26;/h2-3,8-11H,4-7H2,1H3,(H,23,24,25);1H. The van der Waals surface area contributed by atoms with Gasteiger partial charge < -0.3 is 15.0 Å². The topological polar surface area (TPSA) is 67.4 Å². The van der Waals surface area contributed by atoms with Crippen molar-refractivity contribution in [3.8, 4) is 0 Å². The predicted molar refractivity (Wildman–Crippen MR) is 108 cm³/mol. The molecule has 0 unspecified atom stereocenters. The number of halogens is 3. The normalized spacial score (nSPS) is 13.8. The van der Waals surface area contributed by atoms with Gasteiger partial charge in [-0.25, -0.2) is 18.7 Å². The Morgan fingerprint density at radius 3 is 2.52 bits per heavy atom. The van der Waals surface area contributed by atoms with Crippen LogP contribution in [0.15, 0.2) is 36.5 Å². The number of carbonyl (C=O) groups excluding carboxylic acids is 1. The van der Waals surface area contributed by atoms with Crippen molar-refractivity contribution in [1.82, 2.24) is 14.9 Å². The van der Waals surface area contributed by atoms with Gasteiger partial charge in [-0.05, 0) is 31.2 Å². The fourth-order valence-corrected chi connectivity index (χ4v) is 3.18. The van der Waals surface area contributed by atoms with Gasteiger partial charge in [0.2, 0.25) is 0 Å². The average Bonchev–Trinajstić information content (AvgIpc) is 2.67. The summed E-state index contributed by atoms with van der Waals surface area (Å²) in [6, 6.07) is 6.71. The second-order valence-electron chi connectivity index (χ2n) is 6.56. The second-order valence-corrected chi connectivity index (χ2v) is 6.56. The summed E-state index contributed by atoms with van der Waals surface area (Å²) < 4.78 is 32.6. The van der Waals surface area contributed by atoms with Gasteiger partial charge in [0.25, 0.3) is 5.91 Å². The van der Waals surface area contributed by atoms with Crippen LogP contribution in [0.3, 0.4) is 0 Å². The molecule has 0 saturated carbocycles. The Labute approximate surface area is 172 Å². The lowest BCUT2D eigenvalue weighted by Gasteiger charge is -2.27. The van der Waals surface area contributed by atoms with Gasteiger partial charge >= 0.3 is 0 Å². The first kappa shape index (κ1) is 20.9. The number of hydrogen-bond donors (Lipinski definition) is 1. The maximum Gasteiger partial charge on any atom is 0.257 e. The first-order valence-corrected chi connectivity index (χ1v) is 8.88. The molecule has 1 fully saturated rings. The molecule has 3 aromatic rings. The molecule has 0 spiro atoms. The van der Waals surface area contributed by atoms with Crippen LogP contribution in [0.5, 0.6) is 0 Å². The zero-order valence-electron chi connectivity index (χ0n) is 15.6. The quantitative estimate of drug-likeness (QED) is 0.697. The highest BCUT2D eigenvalue weighted by atomic mass is 35.5. The third-order valence-electron chi connectivity index (χ3n) is 4.53. The number of amides is 1. The van der Waals surface area contributed by atoms with E-state index in [-0.39, 0.29) is 24.0 Å². The minimum Gasteiger partial charge on any atom is -0.378 e. The molecule has 3 heterocycles. The number of ether oxygens (including phenoxy) is 1. The van der Waals surface area contributed by atoms with E-state index < -0.39 is 11.6 Å². The van der Waals surface area contributed by atoms with Crippen molar-refractivity contribution in [3.05, 3.63) is 59.4 Å². The van der Waals surface area contributed by atoms with Crippen molar-refractivity contribution >= 4 is 40.7 Å². The van der Waals surface area contributed by atoms with E-state index in [9.17, 15) is 13.6 Å². The SMILES string of the molecule is Cc1ccc2c(Nc3cc(F)cc(F)c3)c(C(=O)N3CCOCC3)cnc2n1.Cl. The molecular formula is C20H19ClF2N4O2. The lowest BCUT2D eigenvalue weighted by atomic mass is 10.1. The molecule has 2 aromatic heterocycles. The highest BCUT2D eigenvalue weighted by Crippen LogP contribution is 2.30. The summed E-state index contributed by atoms with van der Waals surface area (Å²) >= 11 is 0. The van der Waals surface area contributed by atoms with Crippen LogP contribution >= 0.6 is 12.4 Å². The maximum absolute atomic E-state index is 13.7. The van der Waals surface area contributed by atoms with Gasteiger partial charge in [0.05, 0.1) is 24.5 Å². The van der Waals surface area contributed by atoms with E-state index in [0.717, 1.165) is 11.8 Å². The Morgan fingerprint density at radius 2 is 1.83 bits per heavy atom. The molecule has 0 aliphatic carbocycles. The zero-order valence-corrected chi connectivity index (χ0v) is 16.4. The molecule has 1 aliphatic rings. The fraction of sp³-hybridized carbons (Fsp3) is 0.250. The van der Waals surface area contributed by atoms with Crippen LogP contribution < -0.4 is 5.32 Å². The summed E-state index contributed by atoms with van der Waals surface area (Å²) in [6.07, 6.45) is 1.45.